The van der Waals surface area contributed by atoms with E-state index in [0.29, 0.717) is 0 Å². The van der Waals surface area contributed by atoms with Crippen LogP contribution in [0.25, 0.3) is 0 Å². The van der Waals surface area contributed by atoms with E-state index in [1.54, 1.807) is 0 Å². The van der Waals surface area contributed by atoms with Gasteiger partial charge in [0.25, 0.3) is 0 Å². The van der Waals surface area contributed by atoms with Crippen LogP contribution in [-0.2, 0) is 0 Å². The number of nitrogens with zero attached hydrogens (tertiary/aromatic N) is 1. The Morgan fingerprint density at radius 1 is 1.36 bits per heavy atom. The van der Waals surface area contributed by atoms with Gasteiger partial charge in [-0.05, 0) is 25.5 Å². The van der Waals surface area contributed by atoms with Crippen LogP contribution in [0.3, 0.4) is 0 Å². The van der Waals surface area contributed by atoms with Gasteiger partial charge in [0.15, 0.2) is 0 Å². The normalized spacial score (nSPS) is 14.2. The molecule has 0 unspecified atom stereocenters. The molecule has 1 nitrogen and oxygen atoms in total. The maximum atomic E-state index is 2.42. The molecule has 11 heavy (non-hydrogen) atoms. The zero-order valence-corrected chi connectivity index (χ0v) is 7.51. The molecular weight excluding hydrogens is 134 g/mol. The molecule has 0 aliphatic heterocycles. The lowest BCUT2D eigenvalue weighted by molar-refractivity contribution is 0.362. The van der Waals surface area contributed by atoms with E-state index in [1.807, 2.05) is 0 Å². The molecule has 1 heteroatoms. The average molecular weight is 151 g/mol. The van der Waals surface area contributed by atoms with Crippen molar-refractivity contribution < 1.29 is 0 Å². The first-order valence-corrected chi connectivity index (χ1v) is 4.51. The van der Waals surface area contributed by atoms with Gasteiger partial charge < -0.3 is 4.90 Å². The summed E-state index contributed by atoms with van der Waals surface area (Å²) >= 11 is 0. The van der Waals surface area contributed by atoms with E-state index < -0.39 is 0 Å². The number of unbranched alkanes of at least 4 members (excludes halogenated alkanes) is 1. The quantitative estimate of drug-likeness (QED) is 0.583. The van der Waals surface area contributed by atoms with Crippen LogP contribution in [0.2, 0.25) is 0 Å². The van der Waals surface area contributed by atoms with Crippen LogP contribution in [0.15, 0.2) is 23.9 Å². The lowest BCUT2D eigenvalue weighted by Crippen LogP contribution is -2.24. The van der Waals surface area contributed by atoms with Gasteiger partial charge in [-0.15, -0.1) is 0 Å². The van der Waals surface area contributed by atoms with E-state index in [2.05, 4.69) is 37.0 Å². The Kier molecular flexibility index (Phi) is 3.21. The molecule has 0 N–H and O–H groups in total. The van der Waals surface area contributed by atoms with Crippen molar-refractivity contribution in [3.05, 3.63) is 23.9 Å². The predicted octanol–water partition coefficient (Wildman–Crippen LogP) is 2.56. The Hall–Kier alpha value is -0.720. The fraction of sp³-hybridized carbons (Fsp3) is 0.600. The minimum Gasteiger partial charge on any atom is -0.372 e. The zero-order valence-electron chi connectivity index (χ0n) is 7.51. The van der Waals surface area contributed by atoms with Crippen LogP contribution in [-0.4, -0.2) is 18.0 Å². The number of likely N-dealkylation sites (N-methyl/N-ethyl adjacent to an activating group) is 1. The number of hydrogen-bond acceptors (Lipinski definition) is 1. The predicted molar refractivity (Wildman–Crippen MR) is 49.4 cm³/mol. The average Bonchev–Trinajstić information content (AvgIpc) is 1.93. The minimum absolute atomic E-state index is 1.14. The summed E-state index contributed by atoms with van der Waals surface area (Å²) in [4.78, 5) is 2.42. The largest absolute Gasteiger partial charge is 0.372 e. The molecule has 0 heterocycles. The van der Waals surface area contributed by atoms with E-state index in [-0.39, 0.29) is 0 Å². The van der Waals surface area contributed by atoms with E-state index in [0.717, 1.165) is 6.54 Å². The van der Waals surface area contributed by atoms with Crippen LogP contribution < -0.4 is 0 Å². The summed E-state index contributed by atoms with van der Waals surface area (Å²) in [6.45, 7) is 6.79. The Balaban J connectivity index is 2.25. The topological polar surface area (TPSA) is 3.24 Å². The van der Waals surface area contributed by atoms with Gasteiger partial charge in [0.2, 0.25) is 0 Å². The fourth-order valence-electron chi connectivity index (χ4n) is 1.21. The van der Waals surface area contributed by atoms with Crippen molar-refractivity contribution in [1.29, 1.82) is 0 Å². The maximum Gasteiger partial charge on any atom is 0.0366 e. The highest BCUT2D eigenvalue weighted by molar-refractivity contribution is 5.33. The molecule has 0 amide bonds. The molecule has 0 fully saturated rings. The number of hydrogen-bond donors (Lipinski definition) is 0. The molecule has 0 saturated heterocycles. The van der Waals surface area contributed by atoms with Crippen LogP contribution in [0, 0.1) is 0 Å². The van der Waals surface area contributed by atoms with Gasteiger partial charge in [0, 0.05) is 18.8 Å². The Morgan fingerprint density at radius 2 is 2.09 bits per heavy atom. The van der Waals surface area contributed by atoms with Gasteiger partial charge >= 0.3 is 0 Å². The molecule has 0 spiro atoms. The standard InChI is InChI=1S/C10H17N/c1-3-5-9-11(4-2)10-7-6-8-10/h6-8H,3-5,9H2,1-2H3. The van der Waals surface area contributed by atoms with Crippen molar-refractivity contribution >= 4 is 0 Å². The van der Waals surface area contributed by atoms with Crippen molar-refractivity contribution in [3.8, 4) is 0 Å². The molecule has 0 radical (unpaired) electrons. The van der Waals surface area contributed by atoms with Crippen LogP contribution in [0.1, 0.15) is 26.7 Å². The van der Waals surface area contributed by atoms with Gasteiger partial charge in [-0.1, -0.05) is 19.4 Å². The summed E-state index contributed by atoms with van der Waals surface area (Å²) < 4.78 is 0. The molecule has 0 aromatic carbocycles. The second-order valence-electron chi connectivity index (χ2n) is 2.88. The minimum atomic E-state index is 1.14. The molecule has 0 atom stereocenters. The Bertz CT molecular complexity index is 168. The SMILES string of the molecule is CCCCN(CC)C1=CC=C1. The molecule has 0 aromatic rings. The number of allylic oxidation sites excluding steroid dienone is 3. The molecule has 1 rings (SSSR count). The molecule has 1 aliphatic carbocycles. The fourth-order valence-corrected chi connectivity index (χ4v) is 1.21. The molecule has 0 bridgehead atoms. The zero-order chi connectivity index (χ0) is 8.10. The van der Waals surface area contributed by atoms with Gasteiger partial charge in [-0.25, -0.2) is 0 Å². The lowest BCUT2D eigenvalue weighted by Gasteiger charge is -2.26. The van der Waals surface area contributed by atoms with E-state index in [1.165, 1.54) is 25.1 Å². The van der Waals surface area contributed by atoms with Crippen molar-refractivity contribution in [3.63, 3.8) is 0 Å². The van der Waals surface area contributed by atoms with E-state index in [4.69, 9.17) is 0 Å². The molecule has 1 aliphatic rings. The van der Waals surface area contributed by atoms with E-state index >= 15 is 0 Å². The Morgan fingerprint density at radius 3 is 2.45 bits per heavy atom. The van der Waals surface area contributed by atoms with Crippen molar-refractivity contribution in [2.24, 2.45) is 0 Å². The molecule has 0 saturated carbocycles. The summed E-state index contributed by atoms with van der Waals surface area (Å²) in [5, 5.41) is 0. The molecular formula is C10H17N. The first-order chi connectivity index (χ1) is 5.38. The molecule has 62 valence electrons. The lowest BCUT2D eigenvalue weighted by atomic mass is 10.2. The maximum absolute atomic E-state index is 2.42. The van der Waals surface area contributed by atoms with Crippen LogP contribution in [0.4, 0.5) is 0 Å². The summed E-state index contributed by atoms with van der Waals surface area (Å²) in [5.41, 5.74) is 1.40. The first kappa shape index (κ1) is 8.38. The van der Waals surface area contributed by atoms with Crippen LogP contribution in [0.5, 0.6) is 0 Å². The van der Waals surface area contributed by atoms with Gasteiger partial charge in [-0.2, -0.15) is 0 Å². The van der Waals surface area contributed by atoms with Crippen molar-refractivity contribution in [2.75, 3.05) is 13.1 Å². The summed E-state index contributed by atoms with van der Waals surface area (Å²) in [5.74, 6) is 0. The third kappa shape index (κ3) is 2.11. The second kappa shape index (κ2) is 4.22. The highest BCUT2D eigenvalue weighted by Gasteiger charge is 2.05. The summed E-state index contributed by atoms with van der Waals surface area (Å²) in [7, 11) is 0. The second-order valence-corrected chi connectivity index (χ2v) is 2.88. The first-order valence-electron chi connectivity index (χ1n) is 4.51. The molecule has 0 aromatic heterocycles. The van der Waals surface area contributed by atoms with Crippen LogP contribution >= 0.6 is 0 Å². The van der Waals surface area contributed by atoms with Gasteiger partial charge in [0.05, 0.1) is 0 Å². The highest BCUT2D eigenvalue weighted by Crippen LogP contribution is 2.13. The van der Waals surface area contributed by atoms with Gasteiger partial charge in [-0.3, -0.25) is 0 Å². The van der Waals surface area contributed by atoms with Crippen molar-refractivity contribution in [2.45, 2.75) is 26.7 Å². The van der Waals surface area contributed by atoms with Gasteiger partial charge in [0.1, 0.15) is 0 Å². The van der Waals surface area contributed by atoms with Crippen molar-refractivity contribution in [1.82, 2.24) is 4.90 Å². The van der Waals surface area contributed by atoms with E-state index in [9.17, 15) is 0 Å². The third-order valence-corrected chi connectivity index (χ3v) is 2.06. The summed E-state index contributed by atoms with van der Waals surface area (Å²) in [6.07, 6.45) is 9.05. The smallest absolute Gasteiger partial charge is 0.0366 e. The Labute approximate surface area is 69.4 Å². The summed E-state index contributed by atoms with van der Waals surface area (Å²) in [6, 6.07) is 0. The highest BCUT2D eigenvalue weighted by atomic mass is 15.1. The monoisotopic (exact) mass is 151 g/mol. The number of rotatable bonds is 5. The third-order valence-electron chi connectivity index (χ3n) is 2.06.